The molecule has 1 aromatic carbocycles. The van der Waals surface area contributed by atoms with Gasteiger partial charge in [-0.25, -0.2) is 0 Å². The highest BCUT2D eigenvalue weighted by atomic mass is 32.2. The molecule has 4 aliphatic heterocycles. The third kappa shape index (κ3) is 4.38. The Morgan fingerprint density at radius 1 is 1.23 bits per heavy atom. The van der Waals surface area contributed by atoms with Gasteiger partial charge >= 0.3 is 0 Å². The van der Waals surface area contributed by atoms with Crippen LogP contribution in [0.4, 0.5) is 5.69 Å². The first-order chi connectivity index (χ1) is 18.8. The van der Waals surface area contributed by atoms with E-state index >= 15 is 0 Å². The van der Waals surface area contributed by atoms with Crippen LogP contribution >= 0.6 is 11.8 Å². The summed E-state index contributed by atoms with van der Waals surface area (Å²) in [5.41, 5.74) is 0.932. The van der Waals surface area contributed by atoms with Gasteiger partial charge in [-0.15, -0.1) is 22.0 Å². The maximum Gasteiger partial charge on any atom is 0.264 e. The fraction of sp³-hybridized carbons (Fsp3) is 0.462. The van der Waals surface area contributed by atoms with Crippen LogP contribution in [-0.4, -0.2) is 80.4 Å². The van der Waals surface area contributed by atoms with E-state index < -0.39 is 29.7 Å². The topological polar surface area (TPSA) is 145 Å². The first kappa shape index (κ1) is 25.5. The molecule has 0 aliphatic carbocycles. The molecule has 2 aromatic rings. The average Bonchev–Trinajstić information content (AvgIpc) is 3.40. The molecule has 12 nitrogen and oxygen atoms in total. The second-order valence-corrected chi connectivity index (χ2v) is 10.9. The highest BCUT2D eigenvalue weighted by Crippen LogP contribution is 2.52. The van der Waals surface area contributed by atoms with E-state index in [2.05, 4.69) is 37.2 Å². The Balaban J connectivity index is 0.999. The molecule has 2 fully saturated rings. The molecule has 3 unspecified atom stereocenters. The molecular formula is C26H26N6O6S. The number of rotatable bonds is 6. The number of aryl methyl sites for hydroxylation is 1. The number of imide groups is 2. The van der Waals surface area contributed by atoms with E-state index in [0.29, 0.717) is 18.8 Å². The van der Waals surface area contributed by atoms with Crippen molar-refractivity contribution < 1.29 is 28.7 Å². The van der Waals surface area contributed by atoms with Crippen molar-refractivity contribution in [2.75, 3.05) is 25.1 Å². The molecule has 4 amide bonds. The maximum absolute atomic E-state index is 13.1. The van der Waals surface area contributed by atoms with E-state index in [1.807, 2.05) is 13.8 Å². The number of carbonyl (C=O) groups excluding carboxylic acids is 4. The fourth-order valence-corrected chi connectivity index (χ4v) is 6.59. The second-order valence-electron chi connectivity index (χ2n) is 9.64. The van der Waals surface area contributed by atoms with Crippen LogP contribution in [-0.2, 0) is 19.1 Å². The Hall–Kier alpha value is -3.73. The van der Waals surface area contributed by atoms with E-state index in [-0.39, 0.29) is 53.4 Å². The zero-order valence-electron chi connectivity index (χ0n) is 21.3. The summed E-state index contributed by atoms with van der Waals surface area (Å²) >= 11 is 1.72. The number of benzene rings is 1. The van der Waals surface area contributed by atoms with Gasteiger partial charge in [0.05, 0.1) is 23.0 Å². The number of fused-ring (bicyclic) bond motifs is 4. The van der Waals surface area contributed by atoms with Crippen LogP contribution < -0.4 is 10.6 Å². The van der Waals surface area contributed by atoms with Crippen LogP contribution in [0, 0.1) is 18.8 Å². The number of ether oxygens (including phenoxy) is 2. The number of piperidine rings is 1. The smallest absolute Gasteiger partial charge is 0.264 e. The van der Waals surface area contributed by atoms with Crippen molar-refractivity contribution in [2.45, 2.75) is 55.6 Å². The molecule has 2 saturated heterocycles. The number of hydrogen-bond acceptors (Lipinski definition) is 10. The lowest BCUT2D eigenvalue weighted by molar-refractivity contribution is -0.136. The summed E-state index contributed by atoms with van der Waals surface area (Å²) in [6, 6.07) is 3.94. The lowest BCUT2D eigenvalue weighted by atomic mass is 10.0. The summed E-state index contributed by atoms with van der Waals surface area (Å²) < 4.78 is 13.9. The van der Waals surface area contributed by atoms with Gasteiger partial charge in [-0.1, -0.05) is 17.9 Å². The molecule has 202 valence electrons. The van der Waals surface area contributed by atoms with Crippen LogP contribution in [0.3, 0.4) is 0 Å². The number of thioether (sulfide) groups is 1. The van der Waals surface area contributed by atoms with Crippen molar-refractivity contribution in [3.63, 3.8) is 0 Å². The summed E-state index contributed by atoms with van der Waals surface area (Å²) in [6.07, 6.45) is 0.0467. The third-order valence-corrected chi connectivity index (χ3v) is 8.62. The minimum absolute atomic E-state index is 0.0125. The van der Waals surface area contributed by atoms with Crippen molar-refractivity contribution in [1.29, 1.82) is 0 Å². The fourth-order valence-electron chi connectivity index (χ4n) is 5.29. The first-order valence-corrected chi connectivity index (χ1v) is 13.7. The molecule has 0 radical (unpaired) electrons. The normalized spacial score (nSPS) is 27.1. The molecule has 1 aromatic heterocycles. The Morgan fingerprint density at radius 3 is 2.90 bits per heavy atom. The number of hydrogen-bond donors (Lipinski definition) is 2. The van der Waals surface area contributed by atoms with Crippen LogP contribution in [0.15, 0.2) is 18.2 Å². The minimum atomic E-state index is -1.00. The van der Waals surface area contributed by atoms with Gasteiger partial charge < -0.3 is 14.8 Å². The Labute approximate surface area is 228 Å². The highest BCUT2D eigenvalue weighted by Gasteiger charge is 2.50. The van der Waals surface area contributed by atoms with Crippen molar-refractivity contribution in [3.05, 3.63) is 41.0 Å². The number of nitrogens with zero attached hydrogens (tertiary/aromatic N) is 4. The van der Waals surface area contributed by atoms with Gasteiger partial charge in [0.25, 0.3) is 11.8 Å². The maximum atomic E-state index is 13.1. The van der Waals surface area contributed by atoms with E-state index in [4.69, 9.17) is 9.47 Å². The van der Waals surface area contributed by atoms with Crippen LogP contribution in [0.5, 0.6) is 0 Å². The van der Waals surface area contributed by atoms with Crippen LogP contribution in [0.1, 0.15) is 63.6 Å². The van der Waals surface area contributed by atoms with Gasteiger partial charge in [0, 0.05) is 18.7 Å². The zero-order chi connectivity index (χ0) is 27.3. The van der Waals surface area contributed by atoms with Gasteiger partial charge in [-0.2, -0.15) is 0 Å². The van der Waals surface area contributed by atoms with Crippen molar-refractivity contribution >= 4 is 41.1 Å². The number of amides is 4. The molecule has 4 aliphatic rings. The monoisotopic (exact) mass is 550 g/mol. The lowest BCUT2D eigenvalue weighted by Crippen LogP contribution is -2.54. The van der Waals surface area contributed by atoms with E-state index in [1.165, 1.54) is 0 Å². The van der Waals surface area contributed by atoms with Crippen molar-refractivity contribution in [3.8, 4) is 11.8 Å². The molecule has 39 heavy (non-hydrogen) atoms. The summed E-state index contributed by atoms with van der Waals surface area (Å²) in [5.74, 6) is 5.88. The molecule has 0 saturated carbocycles. The standard InChI is InChI=1S/C26H26N6O6S/c1-13-22-30-29-14(2)31(22)26-21(38-13)18(39-26)7-4-11-37-12-10-27-16-6-3-5-15-20(16)25(36)32(24(15)35)17-8-9-19(33)28-23(17)34/h3,5-6,13,17-18,21,26-27H,8-12H2,1-2H3,(H,28,33,34)/t13-,17?,18-,21?,26?/m0/s1. The number of aromatic nitrogens is 3. The summed E-state index contributed by atoms with van der Waals surface area (Å²) in [5, 5.41) is 13.9. The molecule has 5 heterocycles. The average molecular weight is 551 g/mol. The molecule has 0 bridgehead atoms. The summed E-state index contributed by atoms with van der Waals surface area (Å²) in [4.78, 5) is 50.8. The van der Waals surface area contributed by atoms with E-state index in [0.717, 1.165) is 16.5 Å². The molecule has 13 heteroatoms. The van der Waals surface area contributed by atoms with Crippen molar-refractivity contribution in [2.24, 2.45) is 0 Å². The Morgan fingerprint density at radius 2 is 2.08 bits per heavy atom. The minimum Gasteiger partial charge on any atom is -0.382 e. The van der Waals surface area contributed by atoms with Gasteiger partial charge in [0.2, 0.25) is 11.8 Å². The van der Waals surface area contributed by atoms with E-state index in [1.54, 1.807) is 30.0 Å². The molecule has 6 rings (SSSR count). The Bertz CT molecular complexity index is 1450. The predicted octanol–water partition coefficient (Wildman–Crippen LogP) is 1.19. The molecule has 5 atom stereocenters. The molecular weight excluding hydrogens is 524 g/mol. The summed E-state index contributed by atoms with van der Waals surface area (Å²) in [7, 11) is 0. The first-order valence-electron chi connectivity index (χ1n) is 12.7. The predicted molar refractivity (Wildman–Crippen MR) is 139 cm³/mol. The van der Waals surface area contributed by atoms with E-state index in [9.17, 15) is 19.2 Å². The largest absolute Gasteiger partial charge is 0.382 e. The molecule has 0 spiro atoms. The van der Waals surface area contributed by atoms with Gasteiger partial charge in [0.15, 0.2) is 5.82 Å². The van der Waals surface area contributed by atoms with Crippen molar-refractivity contribution in [1.82, 2.24) is 25.0 Å². The Kier molecular flexibility index (Phi) is 6.62. The highest BCUT2D eigenvalue weighted by molar-refractivity contribution is 8.01. The van der Waals surface area contributed by atoms with Crippen LogP contribution in [0.25, 0.3) is 0 Å². The third-order valence-electron chi connectivity index (χ3n) is 7.19. The quantitative estimate of drug-likeness (QED) is 0.306. The number of anilines is 1. The summed E-state index contributed by atoms with van der Waals surface area (Å²) in [6.45, 7) is 4.88. The van der Waals surface area contributed by atoms with Crippen LogP contribution in [0.2, 0.25) is 0 Å². The van der Waals surface area contributed by atoms with Gasteiger partial charge in [0.1, 0.15) is 36.1 Å². The van der Waals surface area contributed by atoms with Gasteiger partial charge in [-0.05, 0) is 32.4 Å². The molecule has 2 N–H and O–H groups in total. The zero-order valence-corrected chi connectivity index (χ0v) is 22.1. The number of carbonyl (C=O) groups is 4. The lowest BCUT2D eigenvalue weighted by Gasteiger charge is -2.46. The SMILES string of the molecule is Cc1nnc2n1C1S[C@@H](C#CCOCCNc3cccc4c3C(=O)N(C3CCC(=O)NC3=O)C4=O)C1O[C@H]2C. The number of nitrogens with one attached hydrogen (secondary N) is 2. The second kappa shape index (κ2) is 10.1. The van der Waals surface area contributed by atoms with Gasteiger partial charge in [-0.3, -0.25) is 34.0 Å².